The molecule has 12 heavy (non-hydrogen) atoms. The molecule has 3 N–H and O–H groups in total. The van der Waals surface area contributed by atoms with Gasteiger partial charge in [0.25, 0.3) is 0 Å². The van der Waals surface area contributed by atoms with E-state index in [1.54, 1.807) is 7.48 Å². The Balaban J connectivity index is 2.37. The number of nitrogens with two attached hydrogens (primary N) is 1. The van der Waals surface area contributed by atoms with Crippen LogP contribution in [-0.4, -0.2) is 18.9 Å². The molecule has 0 fully saturated rings. The summed E-state index contributed by atoms with van der Waals surface area (Å²) in [5.74, 6) is 0. The van der Waals surface area contributed by atoms with E-state index in [0.29, 0.717) is 12.1 Å². The molecule has 1 aromatic rings. The van der Waals surface area contributed by atoms with Crippen molar-refractivity contribution in [1.82, 2.24) is 0 Å². The topological polar surface area (TPSA) is 55.5 Å². The summed E-state index contributed by atoms with van der Waals surface area (Å²) in [4.78, 5) is 0. The van der Waals surface area contributed by atoms with E-state index in [0.717, 1.165) is 11.0 Å². The summed E-state index contributed by atoms with van der Waals surface area (Å²) < 4.78 is 4.93. The molecular weight excluding hydrogens is 153 g/mol. The Morgan fingerprint density at radius 3 is 3.25 bits per heavy atom. The van der Waals surface area contributed by atoms with Gasteiger partial charge in [-0.25, -0.2) is 0 Å². The maximum Gasteiger partial charge on any atom is 0.333 e. The zero-order chi connectivity index (χ0) is 8.55. The highest BCUT2D eigenvalue weighted by Gasteiger charge is 2.17. The Hall–Kier alpha value is -0.995. The fourth-order valence-corrected chi connectivity index (χ4v) is 1.30. The molecule has 3 nitrogen and oxygen atoms in total. The van der Waals surface area contributed by atoms with Gasteiger partial charge in [0.2, 0.25) is 0 Å². The van der Waals surface area contributed by atoms with E-state index >= 15 is 0 Å². The van der Waals surface area contributed by atoms with E-state index in [1.807, 2.05) is 18.2 Å². The number of fused-ring (bicyclic) bond motifs is 1. The van der Waals surface area contributed by atoms with E-state index in [4.69, 9.17) is 15.5 Å². The molecule has 1 aliphatic rings. The maximum absolute atomic E-state index is 9.14. The molecule has 1 unspecified atom stereocenters. The fourth-order valence-electron chi connectivity index (χ4n) is 1.30. The van der Waals surface area contributed by atoms with Crippen LogP contribution >= 0.6 is 0 Å². The summed E-state index contributed by atoms with van der Waals surface area (Å²) in [6, 6.07) is 5.57. The number of anilines is 1. The largest absolute Gasteiger partial charge is 0.411 e. The highest BCUT2D eigenvalue weighted by molar-refractivity contribution is 6.48. The van der Waals surface area contributed by atoms with Crippen LogP contribution in [0.1, 0.15) is 5.56 Å². The maximum atomic E-state index is 9.14. The Morgan fingerprint density at radius 2 is 2.42 bits per heavy atom. The minimum atomic E-state index is -0.707. The van der Waals surface area contributed by atoms with E-state index in [9.17, 15) is 0 Å². The van der Waals surface area contributed by atoms with Gasteiger partial charge in [-0.1, -0.05) is 6.07 Å². The van der Waals surface area contributed by atoms with Crippen molar-refractivity contribution in [1.29, 1.82) is 0 Å². The van der Waals surface area contributed by atoms with Crippen molar-refractivity contribution in [2.45, 2.75) is 12.7 Å². The number of aliphatic hydroxyl groups is 1. The Morgan fingerprint density at radius 1 is 1.58 bits per heavy atom. The van der Waals surface area contributed by atoms with Gasteiger partial charge in [0.05, 0.1) is 0 Å². The van der Waals surface area contributed by atoms with Crippen LogP contribution in [0.15, 0.2) is 18.2 Å². The number of hydrogen-bond donors (Lipinski definition) is 2. The van der Waals surface area contributed by atoms with Crippen LogP contribution in [0.25, 0.3) is 0 Å². The molecule has 2 rings (SSSR count). The first-order valence-electron chi connectivity index (χ1n) is 3.81. The number of nitrogen functional groups attached to an aromatic ring is 1. The number of aliphatic hydroxyl groups excluding tert-OH is 1. The molecule has 0 spiro atoms. The highest BCUT2D eigenvalue weighted by Crippen LogP contribution is 2.10. The molecule has 0 bridgehead atoms. The van der Waals surface area contributed by atoms with Crippen molar-refractivity contribution in [3.63, 3.8) is 0 Å². The average Bonchev–Trinajstić information content (AvgIpc) is 2.05. The third-order valence-corrected chi connectivity index (χ3v) is 1.92. The molecule has 1 aliphatic heterocycles. The third-order valence-electron chi connectivity index (χ3n) is 1.92. The number of benzene rings is 1. The van der Waals surface area contributed by atoms with E-state index in [2.05, 4.69) is 0 Å². The minimum Gasteiger partial charge on any atom is -0.411 e. The molecule has 0 aliphatic carbocycles. The monoisotopic (exact) mass is 162 g/mol. The minimum absolute atomic E-state index is 0.534. The molecule has 61 valence electrons. The quantitative estimate of drug-likeness (QED) is 0.395. The van der Waals surface area contributed by atoms with Crippen molar-refractivity contribution in [2.24, 2.45) is 0 Å². The van der Waals surface area contributed by atoms with Gasteiger partial charge in [0.1, 0.15) is 6.29 Å². The summed E-state index contributed by atoms with van der Waals surface area (Å²) >= 11 is 0. The Labute approximate surface area is 71.4 Å². The van der Waals surface area contributed by atoms with Crippen molar-refractivity contribution < 1.29 is 9.76 Å². The summed E-state index contributed by atoms with van der Waals surface area (Å²) in [7, 11) is 1.54. The second-order valence-electron chi connectivity index (χ2n) is 2.87. The second kappa shape index (κ2) is 2.81. The van der Waals surface area contributed by atoms with Crippen molar-refractivity contribution in [3.8, 4) is 0 Å². The van der Waals surface area contributed by atoms with Crippen LogP contribution < -0.4 is 11.2 Å². The molecular formula is C8H9BNO2. The van der Waals surface area contributed by atoms with Gasteiger partial charge in [-0.3, -0.25) is 0 Å². The third kappa shape index (κ3) is 1.31. The normalized spacial score (nSPS) is 21.2. The van der Waals surface area contributed by atoms with Gasteiger partial charge < -0.3 is 15.5 Å². The lowest BCUT2D eigenvalue weighted by atomic mass is 9.80. The van der Waals surface area contributed by atoms with Crippen molar-refractivity contribution in [2.75, 3.05) is 5.73 Å². The predicted octanol–water partition coefficient (Wildman–Crippen LogP) is -0.596. The average molecular weight is 162 g/mol. The standard InChI is InChI=1S/C8H9BNO2/c10-6-2-1-5-3-8(11)12-9-7(5)4-6/h1-2,4,8,11H,3,10H2. The molecule has 0 aromatic heterocycles. The van der Waals surface area contributed by atoms with Crippen LogP contribution in [0.2, 0.25) is 0 Å². The van der Waals surface area contributed by atoms with Crippen LogP contribution in [0.5, 0.6) is 0 Å². The SMILES string of the molecule is Nc1ccc2c(c1)[B]OC(O)C2. The molecule has 0 saturated carbocycles. The summed E-state index contributed by atoms with van der Waals surface area (Å²) in [6.07, 6.45) is -0.173. The first kappa shape index (κ1) is 7.64. The second-order valence-corrected chi connectivity index (χ2v) is 2.87. The summed E-state index contributed by atoms with van der Waals surface area (Å²) in [6.45, 7) is 0. The smallest absolute Gasteiger partial charge is 0.333 e. The summed E-state index contributed by atoms with van der Waals surface area (Å²) in [5, 5.41) is 9.14. The molecule has 1 heterocycles. The first-order valence-corrected chi connectivity index (χ1v) is 3.81. The van der Waals surface area contributed by atoms with E-state index < -0.39 is 6.29 Å². The lowest BCUT2D eigenvalue weighted by Gasteiger charge is -2.20. The number of hydrogen-bond acceptors (Lipinski definition) is 3. The van der Waals surface area contributed by atoms with E-state index in [1.165, 1.54) is 0 Å². The van der Waals surface area contributed by atoms with Crippen molar-refractivity contribution >= 4 is 18.6 Å². The predicted molar refractivity (Wildman–Crippen MR) is 47.0 cm³/mol. The number of rotatable bonds is 0. The lowest BCUT2D eigenvalue weighted by Crippen LogP contribution is -2.35. The molecule has 1 atom stereocenters. The molecule has 1 aromatic carbocycles. The van der Waals surface area contributed by atoms with Crippen LogP contribution in [-0.2, 0) is 11.1 Å². The molecule has 0 amide bonds. The van der Waals surface area contributed by atoms with E-state index in [-0.39, 0.29) is 0 Å². The summed E-state index contributed by atoms with van der Waals surface area (Å²) in [5.41, 5.74) is 8.32. The molecule has 0 saturated heterocycles. The van der Waals surface area contributed by atoms with Gasteiger partial charge in [-0.15, -0.1) is 0 Å². The van der Waals surface area contributed by atoms with Gasteiger partial charge in [-0.2, -0.15) is 0 Å². The fraction of sp³-hybridized carbons (Fsp3) is 0.250. The molecule has 4 heteroatoms. The molecule has 1 radical (unpaired) electrons. The van der Waals surface area contributed by atoms with Gasteiger partial charge >= 0.3 is 7.48 Å². The first-order chi connectivity index (χ1) is 5.75. The van der Waals surface area contributed by atoms with Crippen LogP contribution in [0, 0.1) is 0 Å². The Kier molecular flexibility index (Phi) is 1.79. The van der Waals surface area contributed by atoms with Crippen molar-refractivity contribution in [3.05, 3.63) is 23.8 Å². The van der Waals surface area contributed by atoms with Gasteiger partial charge in [0, 0.05) is 12.1 Å². The Bertz CT molecular complexity index is 303. The van der Waals surface area contributed by atoms with Crippen LogP contribution in [0.4, 0.5) is 5.69 Å². The lowest BCUT2D eigenvalue weighted by molar-refractivity contribution is -0.0154. The highest BCUT2D eigenvalue weighted by atomic mass is 16.6. The zero-order valence-electron chi connectivity index (χ0n) is 6.53. The zero-order valence-corrected chi connectivity index (χ0v) is 6.53. The van der Waals surface area contributed by atoms with Gasteiger partial charge in [0.15, 0.2) is 0 Å². The van der Waals surface area contributed by atoms with Gasteiger partial charge in [-0.05, 0) is 23.2 Å². The van der Waals surface area contributed by atoms with Crippen LogP contribution in [0.3, 0.4) is 0 Å².